The molecule has 0 aliphatic heterocycles. The van der Waals surface area contributed by atoms with E-state index in [0.29, 0.717) is 33.6 Å². The van der Waals surface area contributed by atoms with Crippen molar-refractivity contribution in [1.82, 2.24) is 0 Å². The van der Waals surface area contributed by atoms with E-state index in [4.69, 9.17) is 4.74 Å². The Hall–Kier alpha value is -2.23. The fourth-order valence-corrected chi connectivity index (χ4v) is 12.0. The van der Waals surface area contributed by atoms with Gasteiger partial charge in [0.1, 0.15) is 6.10 Å². The Bertz CT molecular complexity index is 1350. The molecule has 0 unspecified atom stereocenters. The van der Waals surface area contributed by atoms with Crippen LogP contribution in [0.2, 0.25) is 0 Å². The van der Waals surface area contributed by atoms with Crippen LogP contribution in [0.15, 0.2) is 35.9 Å². The van der Waals surface area contributed by atoms with Crippen LogP contribution in [0.3, 0.4) is 0 Å². The third-order valence-electron chi connectivity index (χ3n) is 14.4. The number of carbonyl (C=O) groups is 1. The minimum atomic E-state index is -0.339. The molecular weight excluding hydrogens is 532 g/mol. The Morgan fingerprint density at radius 1 is 0.814 bits per heavy atom. The standard InChI is InChI=1S/C39H56O4/c1-34(2)21-22-36(5)17-13-29-38(7)18-14-28-35(3,4)32(43-33(42)12-10-25-9-11-26(40)27(41)23-25)16-20-37(28,6)30(38)15-19-39(29,8)31(36)24-34/h9-13,23,28,30-32,40-41H,14-22,24H2,1-8H3/t28-,30+,31+,32+,36-,37-,38-,39+/m0/s1. The molecule has 0 saturated heterocycles. The molecule has 4 saturated carbocycles. The molecule has 0 radical (unpaired) electrons. The predicted molar refractivity (Wildman–Crippen MR) is 173 cm³/mol. The summed E-state index contributed by atoms with van der Waals surface area (Å²) in [4.78, 5) is 13.0. The second-order valence-corrected chi connectivity index (χ2v) is 17.8. The molecule has 0 amide bonds. The van der Waals surface area contributed by atoms with Gasteiger partial charge < -0.3 is 14.9 Å². The quantitative estimate of drug-likeness (QED) is 0.160. The third kappa shape index (κ3) is 4.71. The van der Waals surface area contributed by atoms with Crippen molar-refractivity contribution < 1.29 is 19.7 Å². The number of aromatic hydroxyl groups is 2. The summed E-state index contributed by atoms with van der Waals surface area (Å²) in [6.45, 7) is 20.2. The number of allylic oxidation sites excluding steroid dienone is 2. The van der Waals surface area contributed by atoms with Gasteiger partial charge in [-0.3, -0.25) is 0 Å². The molecule has 6 rings (SSSR count). The number of esters is 1. The molecule has 4 heteroatoms. The lowest BCUT2D eigenvalue weighted by atomic mass is 9.34. The molecule has 0 bridgehead atoms. The van der Waals surface area contributed by atoms with Crippen molar-refractivity contribution >= 4 is 12.0 Å². The van der Waals surface area contributed by atoms with Gasteiger partial charge in [0.25, 0.3) is 0 Å². The van der Waals surface area contributed by atoms with Gasteiger partial charge in [0.05, 0.1) is 0 Å². The monoisotopic (exact) mass is 588 g/mol. The Labute approximate surface area is 260 Å². The van der Waals surface area contributed by atoms with Gasteiger partial charge in [-0.25, -0.2) is 4.79 Å². The lowest BCUT2D eigenvalue weighted by Gasteiger charge is -2.70. The summed E-state index contributed by atoms with van der Waals surface area (Å²) in [6.07, 6.45) is 18.1. The molecule has 1 aromatic rings. The van der Waals surface area contributed by atoms with Gasteiger partial charge in [0.15, 0.2) is 11.5 Å². The maximum Gasteiger partial charge on any atom is 0.331 e. The van der Waals surface area contributed by atoms with E-state index in [2.05, 4.69) is 61.5 Å². The van der Waals surface area contributed by atoms with Gasteiger partial charge in [0, 0.05) is 11.5 Å². The predicted octanol–water partition coefficient (Wildman–Crippen LogP) is 9.84. The molecule has 5 aliphatic rings. The van der Waals surface area contributed by atoms with Crippen LogP contribution in [-0.4, -0.2) is 22.3 Å². The highest BCUT2D eigenvalue weighted by Crippen LogP contribution is 2.75. The summed E-state index contributed by atoms with van der Waals surface area (Å²) in [5.41, 5.74) is 4.02. The lowest BCUT2D eigenvalue weighted by molar-refractivity contribution is -0.197. The molecule has 236 valence electrons. The van der Waals surface area contributed by atoms with Crippen LogP contribution >= 0.6 is 0 Å². The maximum atomic E-state index is 13.0. The average molecular weight is 589 g/mol. The Morgan fingerprint density at radius 2 is 1.49 bits per heavy atom. The zero-order chi connectivity index (χ0) is 31.2. The minimum absolute atomic E-state index is 0.109. The fraction of sp³-hybridized carbons (Fsp3) is 0.718. The number of fused-ring (bicyclic) bond motifs is 7. The number of phenols is 2. The van der Waals surface area contributed by atoms with Gasteiger partial charge in [-0.1, -0.05) is 73.1 Å². The first-order valence-electron chi connectivity index (χ1n) is 17.1. The van der Waals surface area contributed by atoms with Crippen molar-refractivity contribution in [1.29, 1.82) is 0 Å². The molecule has 2 N–H and O–H groups in total. The summed E-state index contributed by atoms with van der Waals surface area (Å²) in [5.74, 6) is 1.24. The molecule has 0 heterocycles. The Balaban J connectivity index is 1.22. The van der Waals surface area contributed by atoms with E-state index < -0.39 is 0 Å². The largest absolute Gasteiger partial charge is 0.504 e. The zero-order valence-corrected chi connectivity index (χ0v) is 28.1. The van der Waals surface area contributed by atoms with E-state index in [1.54, 1.807) is 12.1 Å². The van der Waals surface area contributed by atoms with Crippen LogP contribution in [0.25, 0.3) is 6.08 Å². The van der Waals surface area contributed by atoms with Crippen molar-refractivity contribution in [3.8, 4) is 11.5 Å². The van der Waals surface area contributed by atoms with Crippen molar-refractivity contribution in [3.05, 3.63) is 41.5 Å². The number of benzene rings is 1. The molecule has 8 atom stereocenters. The molecule has 4 nitrogen and oxygen atoms in total. The number of phenolic OH excluding ortho intramolecular Hbond substituents is 2. The zero-order valence-electron chi connectivity index (χ0n) is 28.1. The van der Waals surface area contributed by atoms with E-state index in [9.17, 15) is 15.0 Å². The first-order valence-corrected chi connectivity index (χ1v) is 17.1. The van der Waals surface area contributed by atoms with Gasteiger partial charge in [-0.05, 0) is 133 Å². The van der Waals surface area contributed by atoms with Crippen molar-refractivity contribution in [2.45, 2.75) is 126 Å². The van der Waals surface area contributed by atoms with Crippen LogP contribution in [0.4, 0.5) is 0 Å². The summed E-state index contributed by atoms with van der Waals surface area (Å²) in [6, 6.07) is 4.54. The highest BCUT2D eigenvalue weighted by atomic mass is 16.5. The number of ether oxygens (including phenoxy) is 1. The van der Waals surface area contributed by atoms with Crippen LogP contribution in [0.1, 0.15) is 125 Å². The number of carbonyl (C=O) groups excluding carboxylic acids is 1. The molecule has 5 aliphatic carbocycles. The topological polar surface area (TPSA) is 66.8 Å². The SMILES string of the molecule is CC1(C)CC[C@]2(C)CC=C3[C@]4(C)CC[C@H]5C(C)(C)[C@H](OC(=O)C=Cc6ccc(O)c(O)c6)CC[C@]5(C)[C@H]4CC[C@@]3(C)[C@@H]2C1. The first kappa shape index (κ1) is 30.8. The highest BCUT2D eigenvalue weighted by molar-refractivity contribution is 5.87. The second kappa shape index (κ2) is 9.88. The minimum Gasteiger partial charge on any atom is -0.504 e. The smallest absolute Gasteiger partial charge is 0.331 e. The van der Waals surface area contributed by atoms with Crippen LogP contribution in [-0.2, 0) is 9.53 Å². The maximum absolute atomic E-state index is 13.0. The molecule has 0 aromatic heterocycles. The summed E-state index contributed by atoms with van der Waals surface area (Å²) in [5, 5.41) is 19.4. The van der Waals surface area contributed by atoms with Crippen LogP contribution in [0, 0.1) is 50.2 Å². The third-order valence-corrected chi connectivity index (χ3v) is 14.4. The van der Waals surface area contributed by atoms with Gasteiger partial charge in [-0.15, -0.1) is 0 Å². The number of hydrogen-bond donors (Lipinski definition) is 2. The van der Waals surface area contributed by atoms with E-state index in [1.807, 2.05) is 5.57 Å². The fourth-order valence-electron chi connectivity index (χ4n) is 12.0. The number of hydrogen-bond acceptors (Lipinski definition) is 4. The first-order chi connectivity index (χ1) is 19.9. The van der Waals surface area contributed by atoms with Crippen molar-refractivity contribution in [3.63, 3.8) is 0 Å². The van der Waals surface area contributed by atoms with Crippen molar-refractivity contribution in [2.75, 3.05) is 0 Å². The highest BCUT2D eigenvalue weighted by Gasteiger charge is 2.67. The Kier molecular flexibility index (Phi) is 7.08. The van der Waals surface area contributed by atoms with Gasteiger partial charge >= 0.3 is 5.97 Å². The molecule has 0 spiro atoms. The van der Waals surface area contributed by atoms with E-state index >= 15 is 0 Å². The van der Waals surface area contributed by atoms with Gasteiger partial charge in [-0.2, -0.15) is 0 Å². The van der Waals surface area contributed by atoms with Gasteiger partial charge in [0.2, 0.25) is 0 Å². The van der Waals surface area contributed by atoms with Crippen molar-refractivity contribution in [2.24, 2.45) is 50.2 Å². The summed E-state index contributed by atoms with van der Waals surface area (Å²) >= 11 is 0. The van der Waals surface area contributed by atoms with E-state index in [0.717, 1.165) is 18.8 Å². The number of rotatable bonds is 3. The van der Waals surface area contributed by atoms with Crippen LogP contribution < -0.4 is 0 Å². The summed E-state index contributed by atoms with van der Waals surface area (Å²) in [7, 11) is 0. The normalized spacial score (nSPS) is 43.0. The lowest BCUT2D eigenvalue weighted by Crippen LogP contribution is -2.63. The molecule has 1 aromatic carbocycles. The van der Waals surface area contributed by atoms with Crippen LogP contribution in [0.5, 0.6) is 11.5 Å². The second-order valence-electron chi connectivity index (χ2n) is 17.8. The van der Waals surface area contributed by atoms with E-state index in [-0.39, 0.29) is 39.8 Å². The molecule has 4 fully saturated rings. The average Bonchev–Trinajstić information content (AvgIpc) is 2.91. The molecule has 43 heavy (non-hydrogen) atoms. The van der Waals surface area contributed by atoms with E-state index in [1.165, 1.54) is 69.6 Å². The molecular formula is C39H56O4. The Morgan fingerprint density at radius 3 is 2.19 bits per heavy atom. The summed E-state index contributed by atoms with van der Waals surface area (Å²) < 4.78 is 6.18.